The van der Waals surface area contributed by atoms with Crippen LogP contribution in [-0.2, 0) is 16.0 Å². The first-order valence-corrected chi connectivity index (χ1v) is 6.78. The number of aromatic nitrogens is 2. The molecule has 1 aromatic heterocycles. The van der Waals surface area contributed by atoms with E-state index in [1.165, 1.54) is 6.33 Å². The summed E-state index contributed by atoms with van der Waals surface area (Å²) in [6, 6.07) is 0. The summed E-state index contributed by atoms with van der Waals surface area (Å²) in [4.78, 5) is 34.9. The summed E-state index contributed by atoms with van der Waals surface area (Å²) >= 11 is 0. The van der Waals surface area contributed by atoms with Gasteiger partial charge < -0.3 is 15.1 Å². The van der Waals surface area contributed by atoms with Crippen molar-refractivity contribution in [1.82, 2.24) is 14.9 Å². The van der Waals surface area contributed by atoms with Gasteiger partial charge in [-0.05, 0) is 6.42 Å². The zero-order chi connectivity index (χ0) is 14.1. The fourth-order valence-electron chi connectivity index (χ4n) is 2.65. The van der Waals surface area contributed by atoms with Crippen LogP contribution in [0.1, 0.15) is 12.5 Å². The van der Waals surface area contributed by atoms with E-state index in [2.05, 4.69) is 20.2 Å². The first-order valence-electron chi connectivity index (χ1n) is 6.78. The first-order chi connectivity index (χ1) is 9.69. The van der Waals surface area contributed by atoms with Gasteiger partial charge in [-0.3, -0.25) is 9.59 Å². The molecule has 2 aliphatic heterocycles. The molecule has 0 radical (unpaired) electrons. The fraction of sp³-hybridized carbons (Fsp3) is 0.538. The van der Waals surface area contributed by atoms with Crippen molar-refractivity contribution in [3.63, 3.8) is 0 Å². The van der Waals surface area contributed by atoms with E-state index in [0.717, 1.165) is 30.9 Å². The number of carbonyl (C=O) groups excluding carboxylic acids is 2. The lowest BCUT2D eigenvalue weighted by molar-refractivity contribution is -0.120. The number of hydrogen-bond acceptors (Lipinski definition) is 5. The molecule has 1 atom stereocenters. The highest BCUT2D eigenvalue weighted by molar-refractivity contribution is 5.95. The van der Waals surface area contributed by atoms with E-state index in [1.54, 1.807) is 4.90 Å². The molecule has 0 aromatic carbocycles. The summed E-state index contributed by atoms with van der Waals surface area (Å²) < 4.78 is 0. The van der Waals surface area contributed by atoms with Crippen LogP contribution in [0.25, 0.3) is 0 Å². The van der Waals surface area contributed by atoms with Crippen molar-refractivity contribution in [2.75, 3.05) is 36.4 Å². The Labute approximate surface area is 117 Å². The quantitative estimate of drug-likeness (QED) is 0.762. The number of nitrogens with one attached hydrogen (secondary N) is 1. The van der Waals surface area contributed by atoms with Gasteiger partial charge in [-0.15, -0.1) is 0 Å². The Morgan fingerprint density at radius 3 is 2.75 bits per heavy atom. The standard InChI is InChI=1S/C13H17N5O2/c1-9-6-10-11(16-13(9)20)14-7-15-12(10)18-4-2-17(8-19)3-5-18/h7-9H,2-6H2,1H3,(H,14,15,16,20). The van der Waals surface area contributed by atoms with E-state index in [-0.39, 0.29) is 11.8 Å². The van der Waals surface area contributed by atoms with Gasteiger partial charge in [-0.2, -0.15) is 0 Å². The van der Waals surface area contributed by atoms with Gasteiger partial charge in [0.25, 0.3) is 0 Å². The molecule has 1 unspecified atom stereocenters. The highest BCUT2D eigenvalue weighted by Crippen LogP contribution is 2.30. The van der Waals surface area contributed by atoms with Crippen LogP contribution in [0, 0.1) is 5.92 Å². The topological polar surface area (TPSA) is 78.4 Å². The third kappa shape index (κ3) is 2.19. The molecule has 3 rings (SSSR count). The Morgan fingerprint density at radius 2 is 2.05 bits per heavy atom. The minimum absolute atomic E-state index is 0.00734. The molecule has 0 aliphatic carbocycles. The summed E-state index contributed by atoms with van der Waals surface area (Å²) in [5, 5.41) is 2.83. The Hall–Kier alpha value is -2.18. The Balaban J connectivity index is 1.86. The van der Waals surface area contributed by atoms with Crippen molar-refractivity contribution in [3.05, 3.63) is 11.9 Å². The van der Waals surface area contributed by atoms with E-state index in [1.807, 2.05) is 6.92 Å². The normalized spacial score (nSPS) is 22.2. The van der Waals surface area contributed by atoms with Crippen molar-refractivity contribution in [3.8, 4) is 0 Å². The summed E-state index contributed by atoms with van der Waals surface area (Å²) in [5.74, 6) is 1.44. The minimum atomic E-state index is -0.0662. The van der Waals surface area contributed by atoms with Gasteiger partial charge >= 0.3 is 0 Å². The molecule has 7 nitrogen and oxygen atoms in total. The lowest BCUT2D eigenvalue weighted by atomic mass is 9.97. The summed E-state index contributed by atoms with van der Waals surface area (Å²) in [6.07, 6.45) is 3.02. The maximum Gasteiger partial charge on any atom is 0.228 e. The van der Waals surface area contributed by atoms with Crippen LogP contribution in [0.4, 0.5) is 11.6 Å². The summed E-state index contributed by atoms with van der Waals surface area (Å²) in [5.41, 5.74) is 0.999. The highest BCUT2D eigenvalue weighted by atomic mass is 16.2. The van der Waals surface area contributed by atoms with Crippen LogP contribution < -0.4 is 10.2 Å². The van der Waals surface area contributed by atoms with Crippen molar-refractivity contribution < 1.29 is 9.59 Å². The zero-order valence-electron chi connectivity index (χ0n) is 11.4. The van der Waals surface area contributed by atoms with Gasteiger partial charge in [0, 0.05) is 37.7 Å². The first kappa shape index (κ1) is 12.8. The van der Waals surface area contributed by atoms with Crippen LogP contribution >= 0.6 is 0 Å². The zero-order valence-corrected chi connectivity index (χ0v) is 11.4. The van der Waals surface area contributed by atoms with Crippen LogP contribution in [0.15, 0.2) is 6.33 Å². The Kier molecular flexibility index (Phi) is 3.25. The fourth-order valence-corrected chi connectivity index (χ4v) is 2.65. The third-order valence-electron chi connectivity index (χ3n) is 3.88. The van der Waals surface area contributed by atoms with Gasteiger partial charge in [-0.25, -0.2) is 9.97 Å². The van der Waals surface area contributed by atoms with E-state index in [4.69, 9.17) is 0 Å². The van der Waals surface area contributed by atoms with E-state index in [9.17, 15) is 9.59 Å². The predicted molar refractivity (Wildman–Crippen MR) is 73.4 cm³/mol. The molecular formula is C13H17N5O2. The molecular weight excluding hydrogens is 258 g/mol. The van der Waals surface area contributed by atoms with Gasteiger partial charge in [0.05, 0.1) is 0 Å². The highest BCUT2D eigenvalue weighted by Gasteiger charge is 2.28. The van der Waals surface area contributed by atoms with Gasteiger partial charge in [0.2, 0.25) is 12.3 Å². The maximum atomic E-state index is 11.7. The number of amides is 2. The molecule has 1 N–H and O–H groups in total. The number of nitrogens with zero attached hydrogens (tertiary/aromatic N) is 4. The number of anilines is 2. The molecule has 106 valence electrons. The predicted octanol–water partition coefficient (Wildman–Crippen LogP) is -0.114. The smallest absolute Gasteiger partial charge is 0.228 e. The van der Waals surface area contributed by atoms with Crippen LogP contribution in [0.5, 0.6) is 0 Å². The molecule has 2 aliphatic rings. The monoisotopic (exact) mass is 275 g/mol. The van der Waals surface area contributed by atoms with Crippen molar-refractivity contribution in [2.45, 2.75) is 13.3 Å². The van der Waals surface area contributed by atoms with Crippen LogP contribution in [-0.4, -0.2) is 53.4 Å². The second kappa shape index (κ2) is 5.07. The molecule has 2 amide bonds. The molecule has 1 aromatic rings. The average molecular weight is 275 g/mol. The number of hydrogen-bond donors (Lipinski definition) is 1. The molecule has 0 spiro atoms. The van der Waals surface area contributed by atoms with E-state index >= 15 is 0 Å². The second-order valence-corrected chi connectivity index (χ2v) is 5.25. The second-order valence-electron chi connectivity index (χ2n) is 5.25. The SMILES string of the molecule is CC1Cc2c(ncnc2N2CCN(C=O)CC2)NC1=O. The molecule has 7 heteroatoms. The lowest BCUT2D eigenvalue weighted by Crippen LogP contribution is -2.46. The Bertz CT molecular complexity index is 540. The number of fused-ring (bicyclic) bond motifs is 1. The molecule has 20 heavy (non-hydrogen) atoms. The molecule has 1 saturated heterocycles. The van der Waals surface area contributed by atoms with Gasteiger partial charge in [0.1, 0.15) is 18.0 Å². The molecule has 3 heterocycles. The van der Waals surface area contributed by atoms with Crippen molar-refractivity contribution in [2.24, 2.45) is 5.92 Å². The Morgan fingerprint density at radius 1 is 1.30 bits per heavy atom. The largest absolute Gasteiger partial charge is 0.353 e. The van der Waals surface area contributed by atoms with E-state index < -0.39 is 0 Å². The van der Waals surface area contributed by atoms with Crippen LogP contribution in [0.2, 0.25) is 0 Å². The minimum Gasteiger partial charge on any atom is -0.353 e. The molecule has 1 fully saturated rings. The molecule has 0 saturated carbocycles. The summed E-state index contributed by atoms with van der Waals surface area (Å²) in [6.45, 7) is 4.81. The average Bonchev–Trinajstić information content (AvgIpc) is 2.48. The number of carbonyl (C=O) groups is 2. The lowest BCUT2D eigenvalue weighted by Gasteiger charge is -2.35. The third-order valence-corrected chi connectivity index (χ3v) is 3.88. The maximum absolute atomic E-state index is 11.7. The number of rotatable bonds is 2. The molecule has 0 bridgehead atoms. The summed E-state index contributed by atoms with van der Waals surface area (Å²) in [7, 11) is 0. The number of piperazine rings is 1. The van der Waals surface area contributed by atoms with Gasteiger partial charge in [-0.1, -0.05) is 6.92 Å². The van der Waals surface area contributed by atoms with Crippen molar-refractivity contribution in [1.29, 1.82) is 0 Å². The van der Waals surface area contributed by atoms with Crippen molar-refractivity contribution >= 4 is 24.0 Å². The van der Waals surface area contributed by atoms with E-state index in [0.29, 0.717) is 25.3 Å². The van der Waals surface area contributed by atoms with Crippen LogP contribution in [0.3, 0.4) is 0 Å². The van der Waals surface area contributed by atoms with Gasteiger partial charge in [0.15, 0.2) is 0 Å².